The van der Waals surface area contributed by atoms with E-state index in [-0.39, 0.29) is 0 Å². The van der Waals surface area contributed by atoms with Gasteiger partial charge in [0.05, 0.1) is 0 Å². The zero-order chi connectivity index (χ0) is 13.8. The molecule has 2 unspecified atom stereocenters. The molecule has 0 spiro atoms. The van der Waals surface area contributed by atoms with Crippen LogP contribution in [0.4, 0.5) is 0 Å². The normalized spacial score (nSPS) is 25.6. The Morgan fingerprint density at radius 1 is 1.30 bits per heavy atom. The second kappa shape index (κ2) is 6.42. The third-order valence-corrected chi connectivity index (χ3v) is 4.49. The Morgan fingerprint density at radius 3 is 3.10 bits per heavy atom. The summed E-state index contributed by atoms with van der Waals surface area (Å²) in [5.41, 5.74) is 1.24. The Hall–Kier alpha value is -1.32. The Balaban J connectivity index is 1.59. The first-order valence-electron chi connectivity index (χ1n) is 7.67. The number of fused-ring (bicyclic) bond motifs is 1. The van der Waals surface area contributed by atoms with Gasteiger partial charge >= 0.3 is 0 Å². The van der Waals surface area contributed by atoms with Crippen molar-refractivity contribution in [2.75, 3.05) is 19.7 Å². The molecule has 3 rings (SSSR count). The lowest BCUT2D eigenvalue weighted by molar-refractivity contribution is 0.297. The Kier molecular flexibility index (Phi) is 4.38. The first-order chi connectivity index (χ1) is 9.88. The average Bonchev–Trinajstić information content (AvgIpc) is 3.07. The summed E-state index contributed by atoms with van der Waals surface area (Å²) < 4.78 is 5.72. The van der Waals surface area contributed by atoms with Gasteiger partial charge in [0.2, 0.25) is 0 Å². The monoisotopic (exact) mass is 272 g/mol. The molecule has 2 atom stereocenters. The van der Waals surface area contributed by atoms with E-state index in [1.165, 1.54) is 37.9 Å². The lowest BCUT2D eigenvalue weighted by Gasteiger charge is -2.22. The molecule has 0 amide bonds. The largest absolute Gasteiger partial charge is 0.489 e. The topological polar surface area (TPSA) is 24.5 Å². The first kappa shape index (κ1) is 13.7. The molecule has 1 aromatic carbocycles. The molecule has 0 radical (unpaired) electrons. The van der Waals surface area contributed by atoms with Crippen molar-refractivity contribution in [1.82, 2.24) is 10.2 Å². The molecule has 2 fully saturated rings. The summed E-state index contributed by atoms with van der Waals surface area (Å²) in [7, 11) is 0. The molecule has 2 heterocycles. The number of rotatable bonds is 6. The van der Waals surface area contributed by atoms with Gasteiger partial charge in [-0.2, -0.15) is 0 Å². The lowest BCUT2D eigenvalue weighted by Crippen LogP contribution is -2.38. The minimum Gasteiger partial charge on any atom is -0.489 e. The second-order valence-corrected chi connectivity index (χ2v) is 5.73. The van der Waals surface area contributed by atoms with Crippen LogP contribution in [0, 0.1) is 0 Å². The highest BCUT2D eigenvalue weighted by molar-refractivity contribution is 5.33. The van der Waals surface area contributed by atoms with Gasteiger partial charge in [-0.15, -0.1) is 0 Å². The summed E-state index contributed by atoms with van der Waals surface area (Å²) in [5, 5.41) is 3.74. The van der Waals surface area contributed by atoms with E-state index in [2.05, 4.69) is 28.9 Å². The summed E-state index contributed by atoms with van der Waals surface area (Å²) in [6, 6.07) is 9.69. The maximum atomic E-state index is 5.72. The lowest BCUT2D eigenvalue weighted by atomic mass is 10.1. The molecule has 2 aliphatic heterocycles. The zero-order valence-corrected chi connectivity index (χ0v) is 12.1. The Morgan fingerprint density at radius 2 is 2.20 bits per heavy atom. The van der Waals surface area contributed by atoms with Gasteiger partial charge in [-0.05, 0) is 31.9 Å². The predicted octanol–water partition coefficient (Wildman–Crippen LogP) is 2.58. The van der Waals surface area contributed by atoms with Gasteiger partial charge in [0.25, 0.3) is 0 Å². The first-order valence-corrected chi connectivity index (χ1v) is 7.67. The fraction of sp³-hybridized carbons (Fsp3) is 0.529. The molecule has 0 saturated carbocycles. The van der Waals surface area contributed by atoms with Crippen molar-refractivity contribution in [3.63, 3.8) is 0 Å². The van der Waals surface area contributed by atoms with Crippen LogP contribution < -0.4 is 10.1 Å². The van der Waals surface area contributed by atoms with E-state index in [0.29, 0.717) is 12.6 Å². The highest BCUT2D eigenvalue weighted by Gasteiger charge is 2.36. The van der Waals surface area contributed by atoms with E-state index in [1.54, 1.807) is 6.08 Å². The molecule has 1 N–H and O–H groups in total. The van der Waals surface area contributed by atoms with Crippen molar-refractivity contribution in [2.45, 2.75) is 37.9 Å². The molecule has 0 bridgehead atoms. The van der Waals surface area contributed by atoms with E-state index < -0.39 is 0 Å². The van der Waals surface area contributed by atoms with Crippen LogP contribution in [0.25, 0.3) is 0 Å². The van der Waals surface area contributed by atoms with Crippen molar-refractivity contribution in [1.29, 1.82) is 0 Å². The number of nitrogens with zero attached hydrogens (tertiary/aromatic N) is 1. The zero-order valence-electron chi connectivity index (χ0n) is 12.1. The molecule has 1 aromatic rings. The summed E-state index contributed by atoms with van der Waals surface area (Å²) in [4.78, 5) is 2.64. The van der Waals surface area contributed by atoms with Crippen LogP contribution in [0.5, 0.6) is 5.75 Å². The third-order valence-electron chi connectivity index (χ3n) is 4.49. The number of hydrogen-bond donors (Lipinski definition) is 1. The van der Waals surface area contributed by atoms with E-state index in [9.17, 15) is 0 Å². The Labute approximate surface area is 121 Å². The molecular formula is C17H24N2O. The smallest absolute Gasteiger partial charge is 0.124 e. The molecule has 0 aliphatic carbocycles. The minimum absolute atomic E-state index is 0.566. The highest BCUT2D eigenvalue weighted by atomic mass is 16.5. The standard InChI is InChI=1S/C17H24N2O/c1-2-12-20-17-8-4-3-6-14(17)13-18-15-9-11-19-10-5-7-16(15)19/h2-4,6,8,15-16,18H,1,5,7,9-13H2. The van der Waals surface area contributed by atoms with Crippen LogP contribution >= 0.6 is 0 Å². The quantitative estimate of drug-likeness (QED) is 0.806. The highest BCUT2D eigenvalue weighted by Crippen LogP contribution is 2.28. The van der Waals surface area contributed by atoms with Crippen LogP contribution in [0.2, 0.25) is 0 Å². The second-order valence-electron chi connectivity index (χ2n) is 5.73. The molecular weight excluding hydrogens is 248 g/mol. The van der Waals surface area contributed by atoms with Gasteiger partial charge in [-0.3, -0.25) is 4.90 Å². The summed E-state index contributed by atoms with van der Waals surface area (Å²) >= 11 is 0. The molecule has 20 heavy (non-hydrogen) atoms. The molecule has 3 nitrogen and oxygen atoms in total. The van der Waals surface area contributed by atoms with Gasteiger partial charge in [0.1, 0.15) is 12.4 Å². The van der Waals surface area contributed by atoms with E-state index in [0.717, 1.165) is 18.3 Å². The van der Waals surface area contributed by atoms with Crippen LogP contribution in [0.1, 0.15) is 24.8 Å². The van der Waals surface area contributed by atoms with Crippen molar-refractivity contribution >= 4 is 0 Å². The van der Waals surface area contributed by atoms with Gasteiger partial charge in [-0.25, -0.2) is 0 Å². The molecule has 2 saturated heterocycles. The fourth-order valence-corrected chi connectivity index (χ4v) is 3.50. The molecule has 2 aliphatic rings. The van der Waals surface area contributed by atoms with Gasteiger partial charge in [0, 0.05) is 30.7 Å². The van der Waals surface area contributed by atoms with Crippen LogP contribution in [-0.4, -0.2) is 36.7 Å². The third kappa shape index (κ3) is 2.89. The van der Waals surface area contributed by atoms with Crippen LogP contribution in [-0.2, 0) is 6.54 Å². The summed E-state index contributed by atoms with van der Waals surface area (Å²) in [6.45, 7) is 7.72. The van der Waals surface area contributed by atoms with E-state index in [4.69, 9.17) is 4.74 Å². The maximum Gasteiger partial charge on any atom is 0.124 e. The number of para-hydroxylation sites is 1. The van der Waals surface area contributed by atoms with E-state index >= 15 is 0 Å². The van der Waals surface area contributed by atoms with Crippen molar-refractivity contribution in [3.8, 4) is 5.75 Å². The SMILES string of the molecule is C=CCOc1ccccc1CNC1CCN2CCCC12. The number of nitrogens with one attached hydrogen (secondary N) is 1. The molecule has 108 valence electrons. The van der Waals surface area contributed by atoms with Crippen LogP contribution in [0.15, 0.2) is 36.9 Å². The number of benzene rings is 1. The molecule has 0 aromatic heterocycles. The van der Waals surface area contributed by atoms with Gasteiger partial charge in [-0.1, -0.05) is 30.9 Å². The predicted molar refractivity (Wildman–Crippen MR) is 82.0 cm³/mol. The van der Waals surface area contributed by atoms with Gasteiger partial charge < -0.3 is 10.1 Å². The number of hydrogen-bond acceptors (Lipinski definition) is 3. The average molecular weight is 272 g/mol. The van der Waals surface area contributed by atoms with Crippen LogP contribution in [0.3, 0.4) is 0 Å². The fourth-order valence-electron chi connectivity index (χ4n) is 3.50. The Bertz CT molecular complexity index is 460. The number of ether oxygens (including phenoxy) is 1. The van der Waals surface area contributed by atoms with Crippen molar-refractivity contribution in [3.05, 3.63) is 42.5 Å². The maximum absolute atomic E-state index is 5.72. The summed E-state index contributed by atoms with van der Waals surface area (Å²) in [5.74, 6) is 0.973. The van der Waals surface area contributed by atoms with Gasteiger partial charge in [0.15, 0.2) is 0 Å². The minimum atomic E-state index is 0.566. The van der Waals surface area contributed by atoms with Crippen molar-refractivity contribution < 1.29 is 4.74 Å². The molecule has 3 heteroatoms. The van der Waals surface area contributed by atoms with E-state index in [1.807, 2.05) is 12.1 Å². The summed E-state index contributed by atoms with van der Waals surface area (Å²) in [6.07, 6.45) is 5.78. The van der Waals surface area contributed by atoms with Crippen molar-refractivity contribution in [2.24, 2.45) is 0 Å².